The van der Waals surface area contributed by atoms with Crippen molar-refractivity contribution in [2.45, 2.75) is 44.0 Å². The van der Waals surface area contributed by atoms with Gasteiger partial charge in [-0.3, -0.25) is 4.79 Å². The Hall–Kier alpha value is -1.88. The minimum atomic E-state index is -3.81. The number of aromatic nitrogens is 1. The normalized spacial score (nSPS) is 11.6. The Bertz CT molecular complexity index is 848. The van der Waals surface area contributed by atoms with E-state index in [2.05, 4.69) is 0 Å². The molecule has 112 valence electrons. The maximum absolute atomic E-state index is 12.9. The van der Waals surface area contributed by atoms with E-state index in [9.17, 15) is 13.2 Å². The molecule has 0 unspecified atom stereocenters. The molecule has 4 nitrogen and oxygen atoms in total. The summed E-state index contributed by atoms with van der Waals surface area (Å²) >= 11 is 0. The van der Waals surface area contributed by atoms with Crippen molar-refractivity contribution in [3.63, 3.8) is 0 Å². The summed E-state index contributed by atoms with van der Waals surface area (Å²) in [7, 11) is -3.81. The molecule has 5 heteroatoms. The third-order valence-electron chi connectivity index (χ3n) is 3.62. The van der Waals surface area contributed by atoms with E-state index in [1.807, 2.05) is 13.8 Å². The Morgan fingerprint density at radius 3 is 2.24 bits per heavy atom. The fraction of sp³-hybridized carbons (Fsp3) is 0.312. The fourth-order valence-corrected chi connectivity index (χ4v) is 4.39. The van der Waals surface area contributed by atoms with Gasteiger partial charge >= 0.3 is 0 Å². The molecule has 0 bridgehead atoms. The quantitative estimate of drug-likeness (QED) is 0.876. The van der Waals surface area contributed by atoms with Gasteiger partial charge in [-0.05, 0) is 51.0 Å². The highest BCUT2D eigenvalue weighted by Gasteiger charge is 2.26. The van der Waals surface area contributed by atoms with Gasteiger partial charge in [-0.25, -0.2) is 8.42 Å². The largest absolute Gasteiger partial charge is 0.312 e. The van der Waals surface area contributed by atoms with Gasteiger partial charge < -0.3 is 4.57 Å². The second-order valence-electron chi connectivity index (χ2n) is 5.12. The molecular formula is C16H19NO3S. The molecule has 0 spiro atoms. The maximum atomic E-state index is 12.9. The average Bonchev–Trinajstić information content (AvgIpc) is 2.38. The second-order valence-corrected chi connectivity index (χ2v) is 6.97. The first kappa shape index (κ1) is 15.5. The molecule has 0 saturated carbocycles. The van der Waals surface area contributed by atoms with Crippen LogP contribution in [0.1, 0.15) is 23.7 Å². The van der Waals surface area contributed by atoms with Crippen LogP contribution in [0.3, 0.4) is 0 Å². The van der Waals surface area contributed by atoms with Crippen LogP contribution < -0.4 is 5.56 Å². The van der Waals surface area contributed by atoms with Gasteiger partial charge in [0, 0.05) is 12.2 Å². The summed E-state index contributed by atoms with van der Waals surface area (Å²) in [6, 6.07) is 8.47. The summed E-state index contributed by atoms with van der Waals surface area (Å²) in [5.74, 6) is 0. The summed E-state index contributed by atoms with van der Waals surface area (Å²) < 4.78 is 27.2. The Morgan fingerprint density at radius 2 is 1.67 bits per heavy atom. The lowest BCUT2D eigenvalue weighted by molar-refractivity contribution is 0.588. The van der Waals surface area contributed by atoms with Gasteiger partial charge in [0.05, 0.1) is 4.90 Å². The molecule has 0 atom stereocenters. The molecule has 0 fully saturated rings. The molecular weight excluding hydrogens is 286 g/mol. The molecule has 1 heterocycles. The summed E-state index contributed by atoms with van der Waals surface area (Å²) in [4.78, 5) is 12.6. The van der Waals surface area contributed by atoms with Crippen LogP contribution in [0.2, 0.25) is 0 Å². The topological polar surface area (TPSA) is 56.1 Å². The first-order valence-corrected chi connectivity index (χ1v) is 8.30. The van der Waals surface area contributed by atoms with Crippen LogP contribution in [0.4, 0.5) is 0 Å². The highest BCUT2D eigenvalue weighted by molar-refractivity contribution is 7.91. The van der Waals surface area contributed by atoms with Crippen molar-refractivity contribution in [3.05, 3.63) is 57.5 Å². The van der Waals surface area contributed by atoms with Crippen LogP contribution in [0.25, 0.3) is 0 Å². The lowest BCUT2D eigenvalue weighted by atomic mass is 10.2. The van der Waals surface area contributed by atoms with Gasteiger partial charge in [-0.2, -0.15) is 0 Å². The lowest BCUT2D eigenvalue weighted by Gasteiger charge is -2.14. The molecule has 0 radical (unpaired) electrons. The number of nitrogens with zero attached hydrogens (tertiary/aromatic N) is 1. The monoisotopic (exact) mass is 305 g/mol. The highest BCUT2D eigenvalue weighted by atomic mass is 32.2. The van der Waals surface area contributed by atoms with Gasteiger partial charge in [-0.15, -0.1) is 0 Å². The number of pyridine rings is 1. The lowest BCUT2D eigenvalue weighted by Crippen LogP contribution is -2.28. The standard InChI is InChI=1S/C16H19NO3S/c1-5-17-13(4)10-12(3)15(16(17)18)21(19,20)14-9-7-6-8-11(14)2/h6-10H,5H2,1-4H3. The molecule has 2 aromatic rings. The van der Waals surface area contributed by atoms with Gasteiger partial charge in [-0.1, -0.05) is 18.2 Å². The summed E-state index contributed by atoms with van der Waals surface area (Å²) in [5, 5.41) is 0. The molecule has 0 N–H and O–H groups in total. The summed E-state index contributed by atoms with van der Waals surface area (Å²) in [6.45, 7) is 7.48. The molecule has 0 aliphatic heterocycles. The van der Waals surface area contributed by atoms with Crippen molar-refractivity contribution < 1.29 is 8.42 Å². The van der Waals surface area contributed by atoms with Crippen molar-refractivity contribution in [1.29, 1.82) is 0 Å². The van der Waals surface area contributed by atoms with Gasteiger partial charge in [0.2, 0.25) is 9.84 Å². The molecule has 0 amide bonds. The highest BCUT2D eigenvalue weighted by Crippen LogP contribution is 2.24. The van der Waals surface area contributed by atoms with Crippen LogP contribution in [-0.2, 0) is 16.4 Å². The minimum absolute atomic E-state index is 0.121. The number of sulfone groups is 1. The van der Waals surface area contributed by atoms with Crippen LogP contribution >= 0.6 is 0 Å². The van der Waals surface area contributed by atoms with Crippen LogP contribution in [0.5, 0.6) is 0 Å². The number of aryl methyl sites for hydroxylation is 3. The third-order valence-corrected chi connectivity index (χ3v) is 5.69. The number of hydrogen-bond acceptors (Lipinski definition) is 3. The van der Waals surface area contributed by atoms with Crippen LogP contribution in [0.15, 0.2) is 44.9 Å². The van der Waals surface area contributed by atoms with E-state index in [1.165, 1.54) is 4.57 Å². The molecule has 0 aliphatic carbocycles. The van der Waals surface area contributed by atoms with Crippen molar-refractivity contribution in [2.75, 3.05) is 0 Å². The smallest absolute Gasteiger partial charge is 0.270 e. The Labute approximate surface area is 125 Å². The van der Waals surface area contributed by atoms with Crippen molar-refractivity contribution in [1.82, 2.24) is 4.57 Å². The van der Waals surface area contributed by atoms with Crippen molar-refractivity contribution in [2.24, 2.45) is 0 Å². The number of hydrogen-bond donors (Lipinski definition) is 0. The van der Waals surface area contributed by atoms with Gasteiger partial charge in [0.25, 0.3) is 5.56 Å². The molecule has 1 aromatic carbocycles. The number of benzene rings is 1. The molecule has 1 aromatic heterocycles. The summed E-state index contributed by atoms with van der Waals surface area (Å²) in [6.07, 6.45) is 0. The molecule has 21 heavy (non-hydrogen) atoms. The van der Waals surface area contributed by atoms with Gasteiger partial charge in [0.15, 0.2) is 0 Å². The summed E-state index contributed by atoms with van der Waals surface area (Å²) in [5.41, 5.74) is 1.45. The van der Waals surface area contributed by atoms with E-state index < -0.39 is 15.4 Å². The predicted molar refractivity (Wildman–Crippen MR) is 82.5 cm³/mol. The van der Waals surface area contributed by atoms with Gasteiger partial charge in [0.1, 0.15) is 4.90 Å². The van der Waals surface area contributed by atoms with E-state index in [-0.39, 0.29) is 9.79 Å². The van der Waals surface area contributed by atoms with E-state index in [0.29, 0.717) is 17.7 Å². The van der Waals surface area contributed by atoms with E-state index in [0.717, 1.165) is 5.69 Å². The van der Waals surface area contributed by atoms with E-state index in [1.54, 1.807) is 44.2 Å². The zero-order chi connectivity index (χ0) is 15.8. The number of rotatable bonds is 3. The first-order chi connectivity index (χ1) is 9.80. The minimum Gasteiger partial charge on any atom is -0.312 e. The Balaban J connectivity index is 2.85. The zero-order valence-electron chi connectivity index (χ0n) is 12.7. The Kier molecular flexibility index (Phi) is 4.05. The Morgan fingerprint density at radius 1 is 1.05 bits per heavy atom. The average molecular weight is 305 g/mol. The maximum Gasteiger partial charge on any atom is 0.270 e. The van der Waals surface area contributed by atoms with Crippen molar-refractivity contribution in [3.8, 4) is 0 Å². The van der Waals surface area contributed by atoms with E-state index in [4.69, 9.17) is 0 Å². The third kappa shape index (κ3) is 2.53. The first-order valence-electron chi connectivity index (χ1n) is 6.82. The SMILES string of the molecule is CCn1c(C)cc(C)c(S(=O)(=O)c2ccccc2C)c1=O. The zero-order valence-corrected chi connectivity index (χ0v) is 13.5. The molecule has 2 rings (SSSR count). The predicted octanol–water partition coefficient (Wildman–Crippen LogP) is 2.63. The van der Waals surface area contributed by atoms with Crippen LogP contribution in [0, 0.1) is 20.8 Å². The van der Waals surface area contributed by atoms with Crippen LogP contribution in [-0.4, -0.2) is 13.0 Å². The molecule has 0 saturated heterocycles. The van der Waals surface area contributed by atoms with Crippen molar-refractivity contribution >= 4 is 9.84 Å². The second kappa shape index (κ2) is 5.48. The molecule has 0 aliphatic rings. The van der Waals surface area contributed by atoms with E-state index >= 15 is 0 Å². The fourth-order valence-electron chi connectivity index (χ4n) is 2.60.